The highest BCUT2D eigenvalue weighted by Crippen LogP contribution is 2.14. The van der Waals surface area contributed by atoms with Gasteiger partial charge in [0.1, 0.15) is 0 Å². The Morgan fingerprint density at radius 2 is 1.84 bits per heavy atom. The highest BCUT2D eigenvalue weighted by atomic mass is 79.9. The molecule has 1 aromatic carbocycles. The molecule has 19 heavy (non-hydrogen) atoms. The van der Waals surface area contributed by atoms with Gasteiger partial charge in [0.05, 0.1) is 13.1 Å². The van der Waals surface area contributed by atoms with Gasteiger partial charge in [-0.2, -0.15) is 0 Å². The summed E-state index contributed by atoms with van der Waals surface area (Å²) in [6.45, 7) is 4.04. The number of amides is 2. The SMILES string of the molecule is CC(C)N(CC(N)=O)CC(=O)Nc1ccc(Br)cc1. The van der Waals surface area contributed by atoms with E-state index in [0.717, 1.165) is 10.2 Å². The first kappa shape index (κ1) is 15.7. The van der Waals surface area contributed by atoms with Gasteiger partial charge in [-0.05, 0) is 38.1 Å². The first-order valence-electron chi connectivity index (χ1n) is 5.96. The first-order valence-corrected chi connectivity index (χ1v) is 6.75. The maximum atomic E-state index is 11.9. The number of hydrogen-bond acceptors (Lipinski definition) is 3. The minimum absolute atomic E-state index is 0.0724. The Hall–Kier alpha value is -1.40. The average molecular weight is 328 g/mol. The number of nitrogens with one attached hydrogen (secondary N) is 1. The Kier molecular flexibility index (Phi) is 5.98. The van der Waals surface area contributed by atoms with Gasteiger partial charge in [-0.3, -0.25) is 14.5 Å². The third kappa shape index (κ3) is 5.85. The topological polar surface area (TPSA) is 75.4 Å². The molecule has 0 aliphatic rings. The number of benzene rings is 1. The molecule has 104 valence electrons. The summed E-state index contributed by atoms with van der Waals surface area (Å²) in [6, 6.07) is 7.37. The van der Waals surface area contributed by atoms with Gasteiger partial charge in [-0.15, -0.1) is 0 Å². The standard InChI is InChI=1S/C13H18BrN3O2/c1-9(2)17(7-12(15)18)8-13(19)16-11-5-3-10(14)4-6-11/h3-6,9H,7-8H2,1-2H3,(H2,15,18)(H,16,19). The van der Waals surface area contributed by atoms with E-state index in [4.69, 9.17) is 5.73 Å². The second-order valence-corrected chi connectivity index (χ2v) is 5.44. The molecule has 0 heterocycles. The summed E-state index contributed by atoms with van der Waals surface area (Å²) in [5.41, 5.74) is 5.88. The lowest BCUT2D eigenvalue weighted by Gasteiger charge is -2.24. The molecular formula is C13H18BrN3O2. The van der Waals surface area contributed by atoms with Crippen molar-refractivity contribution in [1.82, 2.24) is 4.90 Å². The molecule has 0 bridgehead atoms. The second-order valence-electron chi connectivity index (χ2n) is 4.52. The molecule has 0 saturated heterocycles. The predicted octanol–water partition coefficient (Wildman–Crippen LogP) is 1.58. The van der Waals surface area contributed by atoms with Crippen molar-refractivity contribution >= 4 is 33.4 Å². The van der Waals surface area contributed by atoms with E-state index in [1.165, 1.54) is 0 Å². The molecule has 3 N–H and O–H groups in total. The van der Waals surface area contributed by atoms with Crippen LogP contribution < -0.4 is 11.1 Å². The van der Waals surface area contributed by atoms with Crippen LogP contribution in [-0.2, 0) is 9.59 Å². The number of hydrogen-bond donors (Lipinski definition) is 2. The number of anilines is 1. The lowest BCUT2D eigenvalue weighted by Crippen LogP contribution is -2.43. The van der Waals surface area contributed by atoms with Crippen molar-refractivity contribution in [3.63, 3.8) is 0 Å². The molecule has 0 saturated carbocycles. The quantitative estimate of drug-likeness (QED) is 0.833. The normalized spacial score (nSPS) is 10.8. The molecule has 0 aliphatic carbocycles. The zero-order chi connectivity index (χ0) is 14.4. The van der Waals surface area contributed by atoms with Crippen molar-refractivity contribution in [2.75, 3.05) is 18.4 Å². The number of halogens is 1. The van der Waals surface area contributed by atoms with E-state index in [9.17, 15) is 9.59 Å². The third-order valence-corrected chi connectivity index (χ3v) is 3.09. The number of nitrogens with zero attached hydrogens (tertiary/aromatic N) is 1. The van der Waals surface area contributed by atoms with Crippen LogP contribution in [-0.4, -0.2) is 35.8 Å². The number of nitrogens with two attached hydrogens (primary N) is 1. The van der Waals surface area contributed by atoms with Crippen molar-refractivity contribution in [2.45, 2.75) is 19.9 Å². The van der Waals surface area contributed by atoms with Gasteiger partial charge in [0, 0.05) is 16.2 Å². The van der Waals surface area contributed by atoms with Crippen LogP contribution in [0.1, 0.15) is 13.8 Å². The molecule has 0 spiro atoms. The number of carbonyl (C=O) groups is 2. The fourth-order valence-corrected chi connectivity index (χ4v) is 1.80. The van der Waals surface area contributed by atoms with Gasteiger partial charge in [0.2, 0.25) is 11.8 Å². The first-order chi connectivity index (χ1) is 8.88. The Balaban J connectivity index is 2.57. The monoisotopic (exact) mass is 327 g/mol. The summed E-state index contributed by atoms with van der Waals surface area (Å²) in [6.07, 6.45) is 0. The van der Waals surface area contributed by atoms with Gasteiger partial charge in [0.25, 0.3) is 0 Å². The summed E-state index contributed by atoms with van der Waals surface area (Å²) >= 11 is 3.33. The van der Waals surface area contributed by atoms with Gasteiger partial charge >= 0.3 is 0 Å². The number of carbonyl (C=O) groups excluding carboxylic acids is 2. The molecule has 1 aromatic rings. The Morgan fingerprint density at radius 1 is 1.26 bits per heavy atom. The lowest BCUT2D eigenvalue weighted by molar-refractivity contribution is -0.121. The zero-order valence-electron chi connectivity index (χ0n) is 11.0. The van der Waals surface area contributed by atoms with Crippen molar-refractivity contribution in [3.8, 4) is 0 Å². The Labute approximate surface area is 121 Å². The van der Waals surface area contributed by atoms with Crippen LogP contribution in [0.25, 0.3) is 0 Å². The molecule has 2 amide bonds. The van der Waals surface area contributed by atoms with Crippen molar-refractivity contribution in [1.29, 1.82) is 0 Å². The van der Waals surface area contributed by atoms with Crippen molar-refractivity contribution in [3.05, 3.63) is 28.7 Å². The van der Waals surface area contributed by atoms with Crippen LogP contribution in [0.15, 0.2) is 28.7 Å². The Morgan fingerprint density at radius 3 is 2.32 bits per heavy atom. The lowest BCUT2D eigenvalue weighted by atomic mass is 10.3. The molecule has 0 unspecified atom stereocenters. The number of primary amides is 1. The molecule has 1 rings (SSSR count). The van der Waals surface area contributed by atoms with Crippen molar-refractivity contribution < 1.29 is 9.59 Å². The molecular weight excluding hydrogens is 310 g/mol. The smallest absolute Gasteiger partial charge is 0.238 e. The summed E-state index contributed by atoms with van der Waals surface area (Å²) < 4.78 is 0.947. The average Bonchev–Trinajstić information content (AvgIpc) is 2.30. The molecule has 5 nitrogen and oxygen atoms in total. The van der Waals surface area contributed by atoms with E-state index in [1.807, 2.05) is 26.0 Å². The molecule has 0 atom stereocenters. The maximum absolute atomic E-state index is 11.9. The van der Waals surface area contributed by atoms with Gasteiger partial charge in [0.15, 0.2) is 0 Å². The molecule has 0 aromatic heterocycles. The van der Waals surface area contributed by atoms with E-state index in [0.29, 0.717) is 0 Å². The van der Waals surface area contributed by atoms with Gasteiger partial charge in [-0.25, -0.2) is 0 Å². The minimum atomic E-state index is -0.440. The maximum Gasteiger partial charge on any atom is 0.238 e. The fourth-order valence-electron chi connectivity index (χ4n) is 1.54. The van der Waals surface area contributed by atoms with E-state index >= 15 is 0 Å². The van der Waals surface area contributed by atoms with Crippen LogP contribution in [0.4, 0.5) is 5.69 Å². The summed E-state index contributed by atoms with van der Waals surface area (Å²) in [5.74, 6) is -0.609. The summed E-state index contributed by atoms with van der Waals surface area (Å²) in [7, 11) is 0. The summed E-state index contributed by atoms with van der Waals surface area (Å²) in [5, 5.41) is 2.77. The van der Waals surface area contributed by atoms with Gasteiger partial charge < -0.3 is 11.1 Å². The van der Waals surface area contributed by atoms with E-state index in [2.05, 4.69) is 21.2 Å². The highest BCUT2D eigenvalue weighted by molar-refractivity contribution is 9.10. The molecule has 6 heteroatoms. The van der Waals surface area contributed by atoms with E-state index in [-0.39, 0.29) is 25.0 Å². The molecule has 0 radical (unpaired) electrons. The molecule has 0 aliphatic heterocycles. The zero-order valence-corrected chi connectivity index (χ0v) is 12.6. The van der Waals surface area contributed by atoms with Crippen molar-refractivity contribution in [2.24, 2.45) is 5.73 Å². The summed E-state index contributed by atoms with van der Waals surface area (Å²) in [4.78, 5) is 24.5. The van der Waals surface area contributed by atoms with Crippen LogP contribution in [0, 0.1) is 0 Å². The van der Waals surface area contributed by atoms with E-state index in [1.54, 1.807) is 17.0 Å². The molecule has 0 fully saturated rings. The number of rotatable bonds is 6. The Bertz CT molecular complexity index is 446. The third-order valence-electron chi connectivity index (χ3n) is 2.56. The second kappa shape index (κ2) is 7.25. The van der Waals surface area contributed by atoms with Crippen LogP contribution in [0.5, 0.6) is 0 Å². The highest BCUT2D eigenvalue weighted by Gasteiger charge is 2.16. The van der Waals surface area contributed by atoms with Crippen LogP contribution in [0.2, 0.25) is 0 Å². The van der Waals surface area contributed by atoms with Crippen LogP contribution in [0.3, 0.4) is 0 Å². The van der Waals surface area contributed by atoms with E-state index < -0.39 is 5.91 Å². The van der Waals surface area contributed by atoms with Gasteiger partial charge in [-0.1, -0.05) is 15.9 Å². The largest absolute Gasteiger partial charge is 0.369 e. The van der Waals surface area contributed by atoms with Crippen LogP contribution >= 0.6 is 15.9 Å². The fraction of sp³-hybridized carbons (Fsp3) is 0.385. The predicted molar refractivity (Wildman–Crippen MR) is 78.7 cm³/mol. The minimum Gasteiger partial charge on any atom is -0.369 e.